The lowest BCUT2D eigenvalue weighted by atomic mass is 9.74. The lowest BCUT2D eigenvalue weighted by Crippen LogP contribution is -2.49. The van der Waals surface area contributed by atoms with E-state index in [0.717, 1.165) is 25.3 Å². The molecule has 128 valence electrons. The van der Waals surface area contributed by atoms with Crippen molar-refractivity contribution < 1.29 is 28.5 Å². The zero-order valence-corrected chi connectivity index (χ0v) is 13.2. The maximum absolute atomic E-state index is 14.3. The minimum Gasteiger partial charge on any atom is -0.378 e. The lowest BCUT2D eigenvalue weighted by Gasteiger charge is -2.38. The molecule has 0 fully saturated rings. The van der Waals surface area contributed by atoms with Crippen LogP contribution in [0.3, 0.4) is 0 Å². The van der Waals surface area contributed by atoms with E-state index >= 15 is 0 Å². The molecule has 2 rings (SSSR count). The van der Waals surface area contributed by atoms with E-state index in [0.29, 0.717) is 5.56 Å². The van der Waals surface area contributed by atoms with Crippen LogP contribution in [0.2, 0.25) is 0 Å². The monoisotopic (exact) mass is 336 g/mol. The Hall–Kier alpha value is -2.15. The SMILES string of the molecule is COC(O)C(O)(c1c(F)cccc1F)C(C(C)=O)c1ccccc1. The number of hydrogen-bond donors (Lipinski definition) is 2. The van der Waals surface area contributed by atoms with Crippen LogP contribution in [0.4, 0.5) is 8.78 Å². The maximum Gasteiger partial charge on any atom is 0.189 e. The van der Waals surface area contributed by atoms with E-state index in [1.807, 2.05) is 0 Å². The molecule has 6 heteroatoms. The van der Waals surface area contributed by atoms with Gasteiger partial charge in [-0.25, -0.2) is 8.78 Å². The van der Waals surface area contributed by atoms with Gasteiger partial charge in [0.15, 0.2) is 11.9 Å². The Labute approximate surface area is 138 Å². The number of aliphatic hydroxyl groups excluding tert-OH is 1. The van der Waals surface area contributed by atoms with E-state index in [-0.39, 0.29) is 0 Å². The quantitative estimate of drug-likeness (QED) is 0.796. The fraction of sp³-hybridized carbons (Fsp3) is 0.278. The molecular weight excluding hydrogens is 318 g/mol. The third kappa shape index (κ3) is 3.08. The Morgan fingerprint density at radius 2 is 1.62 bits per heavy atom. The van der Waals surface area contributed by atoms with Crippen molar-refractivity contribution in [3.05, 3.63) is 71.3 Å². The van der Waals surface area contributed by atoms with Crippen molar-refractivity contribution in [2.24, 2.45) is 0 Å². The smallest absolute Gasteiger partial charge is 0.189 e. The predicted molar refractivity (Wildman–Crippen MR) is 83.1 cm³/mol. The van der Waals surface area contributed by atoms with Crippen molar-refractivity contribution in [2.45, 2.75) is 24.7 Å². The second-order valence-electron chi connectivity index (χ2n) is 5.46. The number of Topliss-reactive ketones (excluding diaryl/α,β-unsaturated/α-hetero) is 1. The first kappa shape index (κ1) is 18.2. The largest absolute Gasteiger partial charge is 0.378 e. The molecule has 3 unspecified atom stereocenters. The summed E-state index contributed by atoms with van der Waals surface area (Å²) in [5.74, 6) is -4.19. The van der Waals surface area contributed by atoms with Crippen LogP contribution >= 0.6 is 0 Å². The topological polar surface area (TPSA) is 66.8 Å². The van der Waals surface area contributed by atoms with Crippen molar-refractivity contribution in [1.29, 1.82) is 0 Å². The number of ketones is 1. The molecule has 0 radical (unpaired) electrons. The molecule has 0 bridgehead atoms. The van der Waals surface area contributed by atoms with E-state index in [4.69, 9.17) is 4.74 Å². The Morgan fingerprint density at radius 3 is 2.08 bits per heavy atom. The highest BCUT2D eigenvalue weighted by molar-refractivity contribution is 5.85. The van der Waals surface area contributed by atoms with Gasteiger partial charge in [-0.05, 0) is 24.6 Å². The highest BCUT2D eigenvalue weighted by atomic mass is 19.1. The first-order valence-electron chi connectivity index (χ1n) is 7.27. The minimum atomic E-state index is -2.64. The summed E-state index contributed by atoms with van der Waals surface area (Å²) in [6, 6.07) is 11.0. The molecule has 0 heterocycles. The molecule has 0 aliphatic carbocycles. The first-order valence-corrected chi connectivity index (χ1v) is 7.27. The van der Waals surface area contributed by atoms with E-state index in [1.54, 1.807) is 18.2 Å². The van der Waals surface area contributed by atoms with E-state index < -0.39 is 40.8 Å². The van der Waals surface area contributed by atoms with Crippen LogP contribution in [0.1, 0.15) is 24.0 Å². The number of ether oxygens (including phenoxy) is 1. The van der Waals surface area contributed by atoms with Crippen molar-refractivity contribution in [3.63, 3.8) is 0 Å². The third-order valence-electron chi connectivity index (χ3n) is 3.94. The highest BCUT2D eigenvalue weighted by Gasteiger charge is 2.51. The zero-order chi connectivity index (χ0) is 17.9. The standard InChI is InChI=1S/C18H18F2O4/c1-11(21)15(12-7-4-3-5-8-12)18(23,17(22)24-2)16-13(19)9-6-10-14(16)20/h3-10,15,17,22-23H,1-2H3. The van der Waals surface area contributed by atoms with Crippen LogP contribution in [-0.4, -0.2) is 29.4 Å². The number of halogens is 2. The number of carbonyl (C=O) groups is 1. The average Bonchev–Trinajstić information content (AvgIpc) is 2.54. The number of methoxy groups -OCH3 is 1. The molecule has 2 aromatic carbocycles. The Balaban J connectivity index is 2.77. The molecule has 24 heavy (non-hydrogen) atoms. The molecule has 0 aliphatic rings. The van der Waals surface area contributed by atoms with Crippen molar-refractivity contribution in [3.8, 4) is 0 Å². The molecule has 0 saturated heterocycles. The number of aliphatic hydroxyl groups is 2. The molecule has 0 spiro atoms. The second-order valence-corrected chi connectivity index (χ2v) is 5.46. The van der Waals surface area contributed by atoms with Crippen molar-refractivity contribution in [2.75, 3.05) is 7.11 Å². The van der Waals surface area contributed by atoms with Gasteiger partial charge < -0.3 is 14.9 Å². The average molecular weight is 336 g/mol. The molecule has 2 N–H and O–H groups in total. The van der Waals surface area contributed by atoms with Crippen LogP contribution in [0, 0.1) is 11.6 Å². The first-order chi connectivity index (χ1) is 11.3. The molecule has 0 aromatic heterocycles. The summed E-state index contributed by atoms with van der Waals surface area (Å²) in [7, 11) is 1.07. The zero-order valence-electron chi connectivity index (χ0n) is 13.2. The van der Waals surface area contributed by atoms with Gasteiger partial charge in [0.2, 0.25) is 0 Å². The predicted octanol–water partition coefficient (Wildman–Crippen LogP) is 2.49. The molecule has 0 saturated carbocycles. The summed E-state index contributed by atoms with van der Waals surface area (Å²) in [4.78, 5) is 12.2. The molecule has 0 aliphatic heterocycles. The molecular formula is C18H18F2O4. The van der Waals surface area contributed by atoms with Gasteiger partial charge in [0.25, 0.3) is 0 Å². The van der Waals surface area contributed by atoms with Crippen LogP contribution in [0.5, 0.6) is 0 Å². The Bertz CT molecular complexity index is 700. The van der Waals surface area contributed by atoms with Crippen LogP contribution in [0.15, 0.2) is 48.5 Å². The third-order valence-corrected chi connectivity index (χ3v) is 3.94. The van der Waals surface area contributed by atoms with Gasteiger partial charge in [-0.2, -0.15) is 0 Å². The minimum absolute atomic E-state index is 0.297. The lowest BCUT2D eigenvalue weighted by molar-refractivity contribution is -0.217. The number of carbonyl (C=O) groups excluding carboxylic acids is 1. The van der Waals surface area contributed by atoms with Gasteiger partial charge in [0.1, 0.15) is 17.4 Å². The number of hydrogen-bond acceptors (Lipinski definition) is 4. The van der Waals surface area contributed by atoms with Gasteiger partial charge in [0.05, 0.1) is 11.5 Å². The number of rotatable bonds is 6. The molecule has 0 amide bonds. The fourth-order valence-electron chi connectivity index (χ4n) is 2.91. The Morgan fingerprint density at radius 1 is 1.08 bits per heavy atom. The summed E-state index contributed by atoms with van der Waals surface area (Å²) in [6.45, 7) is 1.17. The summed E-state index contributed by atoms with van der Waals surface area (Å²) in [5, 5.41) is 21.3. The summed E-state index contributed by atoms with van der Waals surface area (Å²) in [5.41, 5.74) is -3.16. The van der Waals surface area contributed by atoms with Crippen molar-refractivity contribution in [1.82, 2.24) is 0 Å². The van der Waals surface area contributed by atoms with E-state index in [9.17, 15) is 23.8 Å². The fourth-order valence-corrected chi connectivity index (χ4v) is 2.91. The van der Waals surface area contributed by atoms with Crippen molar-refractivity contribution >= 4 is 5.78 Å². The summed E-state index contributed by atoms with van der Waals surface area (Å²) >= 11 is 0. The summed E-state index contributed by atoms with van der Waals surface area (Å²) < 4.78 is 33.4. The van der Waals surface area contributed by atoms with Gasteiger partial charge in [-0.1, -0.05) is 36.4 Å². The molecule has 3 atom stereocenters. The molecule has 2 aromatic rings. The van der Waals surface area contributed by atoms with E-state index in [1.165, 1.54) is 19.1 Å². The van der Waals surface area contributed by atoms with Gasteiger partial charge >= 0.3 is 0 Å². The van der Waals surface area contributed by atoms with Gasteiger partial charge in [-0.3, -0.25) is 4.79 Å². The second kappa shape index (κ2) is 7.17. The van der Waals surface area contributed by atoms with Crippen LogP contribution < -0.4 is 0 Å². The highest BCUT2D eigenvalue weighted by Crippen LogP contribution is 2.43. The maximum atomic E-state index is 14.3. The van der Waals surface area contributed by atoms with Crippen LogP contribution in [-0.2, 0) is 15.1 Å². The molecule has 4 nitrogen and oxygen atoms in total. The van der Waals surface area contributed by atoms with Gasteiger partial charge in [0, 0.05) is 7.11 Å². The number of benzene rings is 2. The van der Waals surface area contributed by atoms with Crippen LogP contribution in [0.25, 0.3) is 0 Å². The van der Waals surface area contributed by atoms with E-state index in [2.05, 4.69) is 0 Å². The Kier molecular flexibility index (Phi) is 5.43. The summed E-state index contributed by atoms with van der Waals surface area (Å²) in [6.07, 6.45) is -2.03. The normalized spacial score (nSPS) is 16.2. The van der Waals surface area contributed by atoms with Gasteiger partial charge in [-0.15, -0.1) is 0 Å².